The summed E-state index contributed by atoms with van der Waals surface area (Å²) in [7, 11) is 0. The lowest BCUT2D eigenvalue weighted by molar-refractivity contribution is -0.137. The Balaban J connectivity index is 1.67. The van der Waals surface area contributed by atoms with E-state index in [0.29, 0.717) is 22.8 Å². The van der Waals surface area contributed by atoms with Crippen molar-refractivity contribution < 1.29 is 27.8 Å². The fourth-order valence-electron chi connectivity index (χ4n) is 3.05. The number of aromatic carboxylic acids is 1. The molecule has 0 amide bonds. The third kappa shape index (κ3) is 4.57. The van der Waals surface area contributed by atoms with Gasteiger partial charge in [-0.2, -0.15) is 13.2 Å². The molecule has 0 radical (unpaired) electrons. The van der Waals surface area contributed by atoms with Crippen LogP contribution in [-0.4, -0.2) is 20.5 Å². The van der Waals surface area contributed by atoms with Crippen LogP contribution in [0.2, 0.25) is 0 Å². The minimum absolute atomic E-state index is 0.00262. The molecule has 0 fully saturated rings. The number of imidazole rings is 1. The summed E-state index contributed by atoms with van der Waals surface area (Å²) in [6.45, 7) is -0.00262. The predicted molar refractivity (Wildman–Crippen MR) is 110 cm³/mol. The number of ether oxygens (including phenoxy) is 1. The maximum atomic E-state index is 13.0. The highest BCUT2D eigenvalue weighted by atomic mass is 19.4. The molecule has 0 aliphatic rings. The molecule has 1 N–H and O–H groups in total. The minimum Gasteiger partial charge on any atom is -0.487 e. The van der Waals surface area contributed by atoms with E-state index in [4.69, 9.17) is 9.84 Å². The van der Waals surface area contributed by atoms with Crippen LogP contribution in [0.4, 0.5) is 13.2 Å². The zero-order valence-corrected chi connectivity index (χ0v) is 16.4. The summed E-state index contributed by atoms with van der Waals surface area (Å²) in [5.74, 6) is 4.95. The van der Waals surface area contributed by atoms with Crippen molar-refractivity contribution in [1.29, 1.82) is 0 Å². The van der Waals surface area contributed by atoms with Gasteiger partial charge in [-0.15, -0.1) is 0 Å². The summed E-state index contributed by atoms with van der Waals surface area (Å²) >= 11 is 0. The number of carboxylic acid groups (broad SMARTS) is 1. The molecule has 5 nitrogen and oxygen atoms in total. The fraction of sp³-hybridized carbons (Fsp3) is 0.0833. The van der Waals surface area contributed by atoms with E-state index in [2.05, 4.69) is 16.8 Å². The first-order valence-corrected chi connectivity index (χ1v) is 9.43. The molecule has 0 bridgehead atoms. The third-order valence-corrected chi connectivity index (χ3v) is 4.57. The summed E-state index contributed by atoms with van der Waals surface area (Å²) in [5, 5.41) is 9.12. The molecule has 0 saturated carbocycles. The Morgan fingerprint density at radius 2 is 1.84 bits per heavy atom. The van der Waals surface area contributed by atoms with Crippen LogP contribution >= 0.6 is 0 Å². The van der Waals surface area contributed by atoms with Crippen LogP contribution in [-0.2, 0) is 12.8 Å². The van der Waals surface area contributed by atoms with E-state index < -0.39 is 17.7 Å². The topological polar surface area (TPSA) is 63.8 Å². The van der Waals surface area contributed by atoms with Gasteiger partial charge in [-0.05, 0) is 54.5 Å². The highest BCUT2D eigenvalue weighted by Crippen LogP contribution is 2.29. The molecule has 0 atom stereocenters. The summed E-state index contributed by atoms with van der Waals surface area (Å²) in [6, 6.07) is 16.2. The molecule has 8 heteroatoms. The lowest BCUT2D eigenvalue weighted by Crippen LogP contribution is -2.04. The number of carboxylic acids is 1. The largest absolute Gasteiger partial charge is 0.487 e. The number of benzene rings is 2. The number of rotatable bonds is 4. The Bertz CT molecular complexity index is 1360. The van der Waals surface area contributed by atoms with E-state index in [1.807, 2.05) is 0 Å². The number of hydrogen-bond donors (Lipinski definition) is 1. The number of hydrogen-bond acceptors (Lipinski definition) is 3. The number of halogens is 3. The monoisotopic (exact) mass is 436 g/mol. The summed E-state index contributed by atoms with van der Waals surface area (Å²) in [6.07, 6.45) is -2.71. The van der Waals surface area contributed by atoms with Crippen molar-refractivity contribution in [3.63, 3.8) is 0 Å². The summed E-state index contributed by atoms with van der Waals surface area (Å²) in [5.41, 5.74) is 1.06. The van der Waals surface area contributed by atoms with E-state index in [1.165, 1.54) is 24.3 Å². The van der Waals surface area contributed by atoms with Gasteiger partial charge in [0.25, 0.3) is 0 Å². The second-order valence-corrected chi connectivity index (χ2v) is 6.79. The van der Waals surface area contributed by atoms with E-state index in [-0.39, 0.29) is 17.7 Å². The van der Waals surface area contributed by atoms with Crippen LogP contribution in [0.5, 0.6) is 5.75 Å². The Kier molecular flexibility index (Phi) is 5.56. The van der Waals surface area contributed by atoms with Gasteiger partial charge in [0.15, 0.2) is 0 Å². The molecular formula is C24H15F3N2O3. The van der Waals surface area contributed by atoms with Gasteiger partial charge in [-0.25, -0.2) is 9.78 Å². The maximum Gasteiger partial charge on any atom is 0.416 e. The van der Waals surface area contributed by atoms with Gasteiger partial charge in [0.2, 0.25) is 0 Å². The molecular weight excluding hydrogens is 421 g/mol. The van der Waals surface area contributed by atoms with Crippen molar-refractivity contribution in [3.05, 3.63) is 101 Å². The molecule has 32 heavy (non-hydrogen) atoms. The van der Waals surface area contributed by atoms with E-state index >= 15 is 0 Å². The highest BCUT2D eigenvalue weighted by Gasteiger charge is 2.30. The van der Waals surface area contributed by atoms with E-state index in [1.54, 1.807) is 40.9 Å². The first-order chi connectivity index (χ1) is 15.3. The van der Waals surface area contributed by atoms with Gasteiger partial charge in [0.05, 0.1) is 11.1 Å². The average Bonchev–Trinajstić information content (AvgIpc) is 3.13. The maximum absolute atomic E-state index is 13.0. The van der Waals surface area contributed by atoms with Crippen molar-refractivity contribution in [1.82, 2.24) is 9.38 Å². The van der Waals surface area contributed by atoms with E-state index in [9.17, 15) is 18.0 Å². The number of alkyl halides is 3. The molecule has 2 aromatic carbocycles. The van der Waals surface area contributed by atoms with E-state index in [0.717, 1.165) is 12.1 Å². The number of carbonyl (C=O) groups is 1. The van der Waals surface area contributed by atoms with Crippen LogP contribution in [0.25, 0.3) is 5.65 Å². The molecule has 4 rings (SSSR count). The zero-order valence-electron chi connectivity index (χ0n) is 16.4. The van der Waals surface area contributed by atoms with Crippen LogP contribution in [0.1, 0.15) is 32.9 Å². The van der Waals surface area contributed by atoms with Crippen LogP contribution in [0.15, 0.2) is 72.9 Å². The lowest BCUT2D eigenvalue weighted by Gasteiger charge is -2.06. The number of aromatic nitrogens is 2. The molecule has 0 saturated heterocycles. The van der Waals surface area contributed by atoms with Crippen LogP contribution in [0, 0.1) is 11.8 Å². The highest BCUT2D eigenvalue weighted by molar-refractivity contribution is 5.88. The van der Waals surface area contributed by atoms with Gasteiger partial charge >= 0.3 is 12.1 Å². The standard InChI is InChI=1S/C24H15F3N2O3/c25-24(26,27)18-7-3-5-16(13-18)10-11-21-20(28-22-9-1-2-12-29(21)22)15-32-19-8-4-6-17(14-19)23(30)31/h1-9,12-14H,15H2,(H,30,31). The van der Waals surface area contributed by atoms with Crippen molar-refractivity contribution >= 4 is 11.6 Å². The first kappa shape index (κ1) is 21.0. The van der Waals surface area contributed by atoms with Crippen molar-refractivity contribution in [2.75, 3.05) is 0 Å². The zero-order chi connectivity index (χ0) is 22.7. The molecule has 0 unspecified atom stereocenters. The van der Waals surface area contributed by atoms with Gasteiger partial charge in [0, 0.05) is 11.8 Å². The normalized spacial score (nSPS) is 11.1. The fourth-order valence-corrected chi connectivity index (χ4v) is 3.05. The molecule has 2 aromatic heterocycles. The van der Waals surface area contributed by atoms with Gasteiger partial charge < -0.3 is 9.84 Å². The Morgan fingerprint density at radius 1 is 1.03 bits per heavy atom. The number of fused-ring (bicyclic) bond motifs is 1. The third-order valence-electron chi connectivity index (χ3n) is 4.57. The molecule has 0 aliphatic carbocycles. The molecule has 0 aliphatic heterocycles. The second kappa shape index (κ2) is 8.47. The Morgan fingerprint density at radius 3 is 2.62 bits per heavy atom. The van der Waals surface area contributed by atoms with Gasteiger partial charge in [0.1, 0.15) is 29.4 Å². The first-order valence-electron chi connectivity index (χ1n) is 9.43. The Labute approximate surface area is 180 Å². The van der Waals surface area contributed by atoms with Gasteiger partial charge in [-0.3, -0.25) is 4.40 Å². The molecule has 0 spiro atoms. The van der Waals surface area contributed by atoms with Crippen molar-refractivity contribution in [2.45, 2.75) is 12.8 Å². The molecule has 2 heterocycles. The quantitative estimate of drug-likeness (QED) is 0.456. The van der Waals surface area contributed by atoms with Crippen molar-refractivity contribution in [3.8, 4) is 17.6 Å². The lowest BCUT2D eigenvalue weighted by atomic mass is 10.1. The summed E-state index contributed by atoms with van der Waals surface area (Å²) in [4.78, 5) is 15.6. The predicted octanol–water partition coefficient (Wildman–Crippen LogP) is 5.03. The SMILES string of the molecule is O=C(O)c1cccc(OCc2nc3ccccn3c2C#Cc2cccc(C(F)(F)F)c2)c1. The second-order valence-electron chi connectivity index (χ2n) is 6.79. The summed E-state index contributed by atoms with van der Waals surface area (Å²) < 4.78 is 46.4. The minimum atomic E-state index is -4.45. The van der Waals surface area contributed by atoms with Crippen molar-refractivity contribution in [2.24, 2.45) is 0 Å². The van der Waals surface area contributed by atoms with Gasteiger partial charge in [-0.1, -0.05) is 24.1 Å². The smallest absolute Gasteiger partial charge is 0.416 e. The average molecular weight is 436 g/mol. The molecule has 160 valence electrons. The van der Waals surface area contributed by atoms with Crippen LogP contribution < -0.4 is 4.74 Å². The van der Waals surface area contributed by atoms with Crippen LogP contribution in [0.3, 0.4) is 0 Å². The number of nitrogens with zero attached hydrogens (tertiary/aromatic N) is 2. The Hall–Kier alpha value is -4.25. The molecule has 4 aromatic rings. The number of pyridine rings is 1.